The zero-order valence-electron chi connectivity index (χ0n) is 15.9. The van der Waals surface area contributed by atoms with Crippen LogP contribution in [0.2, 0.25) is 0 Å². The van der Waals surface area contributed by atoms with Gasteiger partial charge in [-0.2, -0.15) is 4.31 Å². The van der Waals surface area contributed by atoms with Crippen LogP contribution in [0.15, 0.2) is 59.5 Å². The van der Waals surface area contributed by atoms with Gasteiger partial charge >= 0.3 is 5.97 Å². The first-order valence-electron chi connectivity index (χ1n) is 8.96. The molecule has 2 aromatic rings. The van der Waals surface area contributed by atoms with Crippen molar-refractivity contribution in [3.8, 4) is 0 Å². The summed E-state index contributed by atoms with van der Waals surface area (Å²) in [4.78, 5) is 14.1. The van der Waals surface area contributed by atoms with E-state index in [1.54, 1.807) is 11.2 Å². The van der Waals surface area contributed by atoms with Gasteiger partial charge in [-0.3, -0.25) is 0 Å². The molecule has 6 nitrogen and oxygen atoms in total. The third-order valence-electron chi connectivity index (χ3n) is 4.69. The normalized spacial score (nSPS) is 18.3. The largest absolute Gasteiger partial charge is 0.462 e. The number of hydrogen-bond donors (Lipinski definition) is 0. The maximum absolute atomic E-state index is 13.3. The topological polar surface area (TPSA) is 66.9 Å². The number of benzene rings is 2. The molecule has 1 heterocycles. The molecule has 1 aliphatic heterocycles. The molecule has 0 bridgehead atoms. The summed E-state index contributed by atoms with van der Waals surface area (Å²) in [6.45, 7) is 3.72. The van der Waals surface area contributed by atoms with Crippen molar-refractivity contribution >= 4 is 28.4 Å². The van der Waals surface area contributed by atoms with Gasteiger partial charge in [0, 0.05) is 19.6 Å². The molecule has 1 saturated heterocycles. The zero-order valence-corrected chi connectivity index (χ0v) is 17.6. The quantitative estimate of drug-likeness (QED) is 0.690. The second kappa shape index (κ2) is 9.52. The molecule has 1 atom stereocenters. The monoisotopic (exact) mass is 424 g/mol. The van der Waals surface area contributed by atoms with Crippen LogP contribution in [0.4, 0.5) is 0 Å². The fourth-order valence-corrected chi connectivity index (χ4v) is 4.85. The van der Waals surface area contributed by atoms with Crippen LogP contribution in [0.3, 0.4) is 0 Å². The van der Waals surface area contributed by atoms with Gasteiger partial charge in [0.05, 0.1) is 23.1 Å². The second-order valence-corrected chi connectivity index (χ2v) is 8.44. The summed E-state index contributed by atoms with van der Waals surface area (Å²) in [5.74, 6) is -0.455. The Bertz CT molecular complexity index is 888. The molecule has 8 heteroatoms. The second-order valence-electron chi connectivity index (χ2n) is 6.55. The van der Waals surface area contributed by atoms with Crippen molar-refractivity contribution in [2.75, 3.05) is 33.3 Å². The van der Waals surface area contributed by atoms with Gasteiger partial charge in [0.25, 0.3) is 0 Å². The minimum absolute atomic E-state index is 0. The van der Waals surface area contributed by atoms with Crippen LogP contribution < -0.4 is 0 Å². The van der Waals surface area contributed by atoms with E-state index in [9.17, 15) is 13.2 Å². The summed E-state index contributed by atoms with van der Waals surface area (Å²) in [6, 6.07) is 15.4. The van der Waals surface area contributed by atoms with Crippen molar-refractivity contribution in [2.45, 2.75) is 17.9 Å². The average Bonchev–Trinajstić information content (AvgIpc) is 2.68. The summed E-state index contributed by atoms with van der Waals surface area (Å²) in [7, 11) is -1.69. The number of nitrogens with zero attached hydrogens (tertiary/aromatic N) is 2. The van der Waals surface area contributed by atoms with Crippen LogP contribution in [-0.4, -0.2) is 56.9 Å². The third-order valence-corrected chi connectivity index (χ3v) is 6.61. The van der Waals surface area contributed by atoms with Crippen molar-refractivity contribution in [3.63, 3.8) is 0 Å². The molecule has 0 aromatic heterocycles. The fourth-order valence-electron chi connectivity index (χ4n) is 3.25. The fraction of sp³-hybridized carbons (Fsp3) is 0.350. The van der Waals surface area contributed by atoms with Gasteiger partial charge in [0.15, 0.2) is 0 Å². The minimum Gasteiger partial charge on any atom is -0.462 e. The Morgan fingerprint density at radius 3 is 2.32 bits per heavy atom. The molecule has 2 aromatic carbocycles. The number of piperazine rings is 1. The predicted octanol–water partition coefficient (Wildman–Crippen LogP) is 2.96. The van der Waals surface area contributed by atoms with Gasteiger partial charge in [-0.1, -0.05) is 30.3 Å². The highest BCUT2D eigenvalue weighted by Crippen LogP contribution is 2.30. The van der Waals surface area contributed by atoms with Crippen LogP contribution in [0.25, 0.3) is 0 Å². The number of rotatable bonds is 5. The van der Waals surface area contributed by atoms with E-state index in [2.05, 4.69) is 4.90 Å². The highest BCUT2D eigenvalue weighted by atomic mass is 35.5. The van der Waals surface area contributed by atoms with Crippen molar-refractivity contribution < 1.29 is 17.9 Å². The first-order valence-corrected chi connectivity index (χ1v) is 10.4. The number of carbonyl (C=O) groups excluding carboxylic acids is 1. The Kier molecular flexibility index (Phi) is 7.60. The highest BCUT2D eigenvalue weighted by Gasteiger charge is 2.36. The smallest absolute Gasteiger partial charge is 0.338 e. The maximum atomic E-state index is 13.3. The van der Waals surface area contributed by atoms with Gasteiger partial charge in [0.2, 0.25) is 10.0 Å². The van der Waals surface area contributed by atoms with Gasteiger partial charge in [-0.25, -0.2) is 13.2 Å². The number of halogens is 1. The van der Waals surface area contributed by atoms with Crippen molar-refractivity contribution in [1.29, 1.82) is 0 Å². The predicted molar refractivity (Wildman–Crippen MR) is 110 cm³/mol. The van der Waals surface area contributed by atoms with E-state index >= 15 is 0 Å². The van der Waals surface area contributed by atoms with Crippen molar-refractivity contribution in [3.05, 3.63) is 65.7 Å². The lowest BCUT2D eigenvalue weighted by molar-refractivity contribution is 0.0526. The minimum atomic E-state index is -3.68. The van der Waals surface area contributed by atoms with Crippen molar-refractivity contribution in [1.82, 2.24) is 9.21 Å². The molecule has 0 saturated carbocycles. The average molecular weight is 425 g/mol. The number of esters is 1. The van der Waals surface area contributed by atoms with E-state index in [-0.39, 0.29) is 30.0 Å². The number of sulfonamides is 1. The van der Waals surface area contributed by atoms with Crippen LogP contribution in [-0.2, 0) is 14.8 Å². The molecule has 0 amide bonds. The molecular weight excluding hydrogens is 400 g/mol. The highest BCUT2D eigenvalue weighted by molar-refractivity contribution is 7.89. The molecule has 0 aliphatic carbocycles. The zero-order chi connectivity index (χ0) is 19.4. The Morgan fingerprint density at radius 2 is 1.71 bits per heavy atom. The van der Waals surface area contributed by atoms with E-state index in [1.165, 1.54) is 24.3 Å². The van der Waals surface area contributed by atoms with Crippen LogP contribution in [0.5, 0.6) is 0 Å². The van der Waals surface area contributed by atoms with Gasteiger partial charge in [-0.05, 0) is 43.8 Å². The number of likely N-dealkylation sites (N-methyl/N-ethyl adjacent to an activating group) is 1. The molecule has 1 aliphatic rings. The molecule has 28 heavy (non-hydrogen) atoms. The summed E-state index contributed by atoms with van der Waals surface area (Å²) in [5, 5.41) is 0. The first-order chi connectivity index (χ1) is 12.9. The van der Waals surface area contributed by atoms with Crippen LogP contribution >= 0.6 is 12.4 Å². The Morgan fingerprint density at radius 1 is 1.07 bits per heavy atom. The molecule has 0 N–H and O–H groups in total. The lowest BCUT2D eigenvalue weighted by Gasteiger charge is -2.39. The molecule has 1 fully saturated rings. The Hall–Kier alpha value is -1.93. The van der Waals surface area contributed by atoms with Gasteiger partial charge in [0.1, 0.15) is 0 Å². The first kappa shape index (κ1) is 22.4. The number of hydrogen-bond acceptors (Lipinski definition) is 5. The summed E-state index contributed by atoms with van der Waals surface area (Å²) >= 11 is 0. The molecule has 3 rings (SSSR count). The SMILES string of the molecule is CCOC(=O)c1ccc(S(=O)(=O)N2CCN(C)CC2c2ccccc2)cc1.Cl. The molecular formula is C20H25ClN2O4S. The Labute approximate surface area is 172 Å². The van der Waals surface area contributed by atoms with Crippen LogP contribution in [0, 0.1) is 0 Å². The van der Waals surface area contributed by atoms with Gasteiger partial charge in [-0.15, -0.1) is 12.4 Å². The Balaban J connectivity index is 0.00000280. The van der Waals surface area contributed by atoms with Crippen LogP contribution in [0.1, 0.15) is 28.9 Å². The molecule has 152 valence electrons. The standard InChI is InChI=1S/C20H24N2O4S.ClH/c1-3-26-20(23)17-9-11-18(12-10-17)27(24,25)22-14-13-21(2)15-19(22)16-7-5-4-6-8-16;/h4-12,19H,3,13-15H2,1-2H3;1H. The van der Waals surface area contributed by atoms with Crippen molar-refractivity contribution in [2.24, 2.45) is 0 Å². The number of carbonyl (C=O) groups is 1. The van der Waals surface area contributed by atoms with Gasteiger partial charge < -0.3 is 9.64 Å². The summed E-state index contributed by atoms with van der Waals surface area (Å²) < 4.78 is 33.1. The summed E-state index contributed by atoms with van der Waals surface area (Å²) in [5.41, 5.74) is 1.31. The summed E-state index contributed by atoms with van der Waals surface area (Å²) in [6.07, 6.45) is 0. The van der Waals surface area contributed by atoms with E-state index in [4.69, 9.17) is 4.74 Å². The third kappa shape index (κ3) is 4.72. The molecule has 0 radical (unpaired) electrons. The van der Waals surface area contributed by atoms with E-state index in [1.807, 2.05) is 37.4 Å². The maximum Gasteiger partial charge on any atom is 0.338 e. The molecule has 0 spiro atoms. The van der Waals surface area contributed by atoms with E-state index in [0.717, 1.165) is 5.56 Å². The lowest BCUT2D eigenvalue weighted by atomic mass is 10.1. The molecule has 1 unspecified atom stereocenters. The van der Waals surface area contributed by atoms with E-state index in [0.29, 0.717) is 25.2 Å². The van der Waals surface area contributed by atoms with E-state index < -0.39 is 16.0 Å². The number of ether oxygens (including phenoxy) is 1. The lowest BCUT2D eigenvalue weighted by Crippen LogP contribution is -2.49.